The molecule has 2 aromatic carbocycles. The molecule has 0 bridgehead atoms. The van der Waals surface area contributed by atoms with Crippen molar-refractivity contribution in [2.45, 2.75) is 0 Å². The Morgan fingerprint density at radius 3 is 2.86 bits per heavy atom. The van der Waals surface area contributed by atoms with Crippen LogP contribution in [0.3, 0.4) is 0 Å². The Morgan fingerprint density at radius 1 is 1.33 bits per heavy atom. The third-order valence-electron chi connectivity index (χ3n) is 3.01. The molecular weight excluding hydrogens is 336 g/mol. The highest BCUT2D eigenvalue weighted by Crippen LogP contribution is 2.24. The van der Waals surface area contributed by atoms with Gasteiger partial charge < -0.3 is 5.11 Å². The molecule has 1 aromatic heterocycles. The molecule has 102 valence electrons. The van der Waals surface area contributed by atoms with E-state index in [1.807, 2.05) is 0 Å². The summed E-state index contributed by atoms with van der Waals surface area (Å²) in [7, 11) is 0. The minimum Gasteiger partial charge on any atom is -0.478 e. The predicted octanol–water partition coefficient (Wildman–Crippen LogP) is 2.75. The molecule has 0 saturated heterocycles. The second kappa shape index (κ2) is 5.00. The molecule has 6 nitrogen and oxygen atoms in total. The number of hydrogen-bond donors (Lipinski definition) is 1. The monoisotopic (exact) mass is 342 g/mol. The molecule has 0 saturated carbocycles. The number of hydrogen-bond acceptors (Lipinski definition) is 4. The quantitative estimate of drug-likeness (QED) is 0.772. The number of nitriles is 1. The van der Waals surface area contributed by atoms with Gasteiger partial charge in [0.25, 0.3) is 0 Å². The number of aromatic carboxylic acids is 1. The zero-order chi connectivity index (χ0) is 15.0. The molecule has 7 heteroatoms. The zero-order valence-electron chi connectivity index (χ0n) is 10.5. The van der Waals surface area contributed by atoms with Gasteiger partial charge in [-0.3, -0.25) is 0 Å². The summed E-state index contributed by atoms with van der Waals surface area (Å²) in [6.07, 6.45) is 0. The van der Waals surface area contributed by atoms with Crippen molar-refractivity contribution in [2.75, 3.05) is 0 Å². The van der Waals surface area contributed by atoms with Crippen LogP contribution in [0, 0.1) is 11.3 Å². The van der Waals surface area contributed by atoms with Crippen molar-refractivity contribution in [1.82, 2.24) is 15.0 Å². The van der Waals surface area contributed by atoms with Crippen molar-refractivity contribution in [2.24, 2.45) is 0 Å². The Kier molecular flexibility index (Phi) is 3.16. The maximum absolute atomic E-state index is 11.2. The van der Waals surface area contributed by atoms with E-state index in [0.29, 0.717) is 16.8 Å². The van der Waals surface area contributed by atoms with E-state index in [0.717, 1.165) is 4.47 Å². The van der Waals surface area contributed by atoms with Crippen LogP contribution in [0.2, 0.25) is 0 Å². The van der Waals surface area contributed by atoms with Gasteiger partial charge in [-0.25, -0.2) is 9.48 Å². The maximum Gasteiger partial charge on any atom is 0.338 e. The molecule has 0 aliphatic heterocycles. The molecule has 0 fully saturated rings. The van der Waals surface area contributed by atoms with E-state index in [1.165, 1.54) is 10.7 Å². The smallest absolute Gasteiger partial charge is 0.338 e. The van der Waals surface area contributed by atoms with Crippen LogP contribution in [0.1, 0.15) is 15.9 Å². The van der Waals surface area contributed by atoms with Crippen LogP contribution in [-0.4, -0.2) is 26.1 Å². The highest BCUT2D eigenvalue weighted by Gasteiger charge is 2.16. The normalized spacial score (nSPS) is 10.5. The van der Waals surface area contributed by atoms with Crippen molar-refractivity contribution in [3.8, 4) is 11.8 Å². The molecule has 1 heterocycles. The van der Waals surface area contributed by atoms with Gasteiger partial charge in [-0.05, 0) is 30.3 Å². The Balaban J connectivity index is 2.31. The van der Waals surface area contributed by atoms with Gasteiger partial charge in [0.15, 0.2) is 0 Å². The number of nitrogens with zero attached hydrogens (tertiary/aromatic N) is 4. The van der Waals surface area contributed by atoms with Gasteiger partial charge in [0.2, 0.25) is 0 Å². The van der Waals surface area contributed by atoms with Crippen LogP contribution >= 0.6 is 15.9 Å². The Bertz CT molecular complexity index is 911. The fraction of sp³-hybridized carbons (Fsp3) is 0. The lowest BCUT2D eigenvalue weighted by Gasteiger charge is -2.05. The fourth-order valence-corrected chi connectivity index (χ4v) is 2.44. The first kappa shape index (κ1) is 13.3. The lowest BCUT2D eigenvalue weighted by molar-refractivity contribution is 0.0699. The van der Waals surface area contributed by atoms with Crippen molar-refractivity contribution < 1.29 is 9.90 Å². The maximum atomic E-state index is 11.2. The first-order valence-electron chi connectivity index (χ1n) is 5.89. The summed E-state index contributed by atoms with van der Waals surface area (Å²) >= 11 is 3.31. The van der Waals surface area contributed by atoms with Gasteiger partial charge in [0, 0.05) is 4.47 Å². The molecule has 3 rings (SSSR count). The summed E-state index contributed by atoms with van der Waals surface area (Å²) in [5.74, 6) is -1.07. The minimum absolute atomic E-state index is 0.0781. The standard InChI is InChI=1S/C14H7BrN4O2/c15-9-4-5-11(8(6-9)7-16)19-12-3-1-2-10(14(20)21)13(12)17-18-19/h1-6H,(H,20,21). The zero-order valence-corrected chi connectivity index (χ0v) is 12.1. The summed E-state index contributed by atoms with van der Waals surface area (Å²) in [6, 6.07) is 12.1. The SMILES string of the molecule is N#Cc1cc(Br)ccc1-n1nnc2c(C(=O)O)cccc21. The van der Waals surface area contributed by atoms with E-state index in [2.05, 4.69) is 32.3 Å². The molecule has 0 aliphatic carbocycles. The highest BCUT2D eigenvalue weighted by molar-refractivity contribution is 9.10. The van der Waals surface area contributed by atoms with E-state index >= 15 is 0 Å². The molecule has 1 N–H and O–H groups in total. The van der Waals surface area contributed by atoms with Crippen LogP contribution < -0.4 is 0 Å². The second-order valence-corrected chi connectivity index (χ2v) is 5.17. The predicted molar refractivity (Wildman–Crippen MR) is 78.2 cm³/mol. The van der Waals surface area contributed by atoms with Gasteiger partial charge in [-0.1, -0.05) is 27.2 Å². The fourth-order valence-electron chi connectivity index (χ4n) is 2.08. The van der Waals surface area contributed by atoms with E-state index < -0.39 is 5.97 Å². The van der Waals surface area contributed by atoms with Gasteiger partial charge >= 0.3 is 5.97 Å². The lowest BCUT2D eigenvalue weighted by Crippen LogP contribution is -2.00. The number of aromatic nitrogens is 3. The second-order valence-electron chi connectivity index (χ2n) is 4.25. The number of fused-ring (bicyclic) bond motifs is 1. The van der Waals surface area contributed by atoms with E-state index in [4.69, 9.17) is 5.11 Å². The van der Waals surface area contributed by atoms with Gasteiger partial charge in [-0.15, -0.1) is 5.10 Å². The van der Waals surface area contributed by atoms with Gasteiger partial charge in [0.05, 0.1) is 22.3 Å². The molecule has 0 aliphatic rings. The first-order valence-corrected chi connectivity index (χ1v) is 6.69. The number of carboxylic acids is 1. The van der Waals surface area contributed by atoms with E-state index in [1.54, 1.807) is 30.3 Å². The molecule has 0 radical (unpaired) electrons. The number of benzene rings is 2. The van der Waals surface area contributed by atoms with Crippen LogP contribution in [0.5, 0.6) is 0 Å². The third-order valence-corrected chi connectivity index (χ3v) is 3.51. The molecule has 0 amide bonds. The van der Waals surface area contributed by atoms with Crippen molar-refractivity contribution in [3.63, 3.8) is 0 Å². The molecular formula is C14H7BrN4O2. The number of carboxylic acid groups (broad SMARTS) is 1. The topological polar surface area (TPSA) is 91.8 Å². The van der Waals surface area contributed by atoms with Crippen molar-refractivity contribution in [1.29, 1.82) is 5.26 Å². The number of halogens is 1. The number of rotatable bonds is 2. The van der Waals surface area contributed by atoms with Crippen LogP contribution in [0.25, 0.3) is 16.7 Å². The third kappa shape index (κ3) is 2.15. The summed E-state index contributed by atoms with van der Waals surface area (Å²) in [4.78, 5) is 11.2. The Hall–Kier alpha value is -2.72. The average molecular weight is 343 g/mol. The Labute approximate surface area is 127 Å². The summed E-state index contributed by atoms with van der Waals surface area (Å²) in [5.41, 5.74) is 1.86. The van der Waals surface area contributed by atoms with Crippen LogP contribution in [0.4, 0.5) is 0 Å². The first-order chi connectivity index (χ1) is 10.1. The average Bonchev–Trinajstić information content (AvgIpc) is 2.90. The van der Waals surface area contributed by atoms with Crippen molar-refractivity contribution in [3.05, 3.63) is 52.0 Å². The molecule has 0 atom stereocenters. The van der Waals surface area contributed by atoms with Crippen molar-refractivity contribution >= 4 is 32.9 Å². The lowest BCUT2D eigenvalue weighted by atomic mass is 10.1. The minimum atomic E-state index is -1.07. The molecule has 0 spiro atoms. The van der Waals surface area contributed by atoms with Crippen LogP contribution in [-0.2, 0) is 0 Å². The summed E-state index contributed by atoms with van der Waals surface area (Å²) in [6.45, 7) is 0. The largest absolute Gasteiger partial charge is 0.478 e. The van der Waals surface area contributed by atoms with Crippen LogP contribution in [0.15, 0.2) is 40.9 Å². The van der Waals surface area contributed by atoms with E-state index in [9.17, 15) is 10.1 Å². The molecule has 21 heavy (non-hydrogen) atoms. The molecule has 0 unspecified atom stereocenters. The Morgan fingerprint density at radius 2 is 2.14 bits per heavy atom. The van der Waals surface area contributed by atoms with Gasteiger partial charge in [0.1, 0.15) is 11.6 Å². The number of carbonyl (C=O) groups is 1. The van der Waals surface area contributed by atoms with Gasteiger partial charge in [-0.2, -0.15) is 5.26 Å². The molecule has 3 aromatic rings. The summed E-state index contributed by atoms with van der Waals surface area (Å²) in [5, 5.41) is 26.3. The summed E-state index contributed by atoms with van der Waals surface area (Å²) < 4.78 is 2.24. The van der Waals surface area contributed by atoms with E-state index in [-0.39, 0.29) is 11.1 Å². The highest BCUT2D eigenvalue weighted by atomic mass is 79.9.